The maximum absolute atomic E-state index is 12.1. The Balaban J connectivity index is 2.15. The molecule has 9 heteroatoms. The quantitative estimate of drug-likeness (QED) is 0.619. The van der Waals surface area contributed by atoms with Gasteiger partial charge >= 0.3 is 0 Å². The number of hydrogen-bond acceptors (Lipinski definition) is 4. The van der Waals surface area contributed by atoms with Crippen LogP contribution in [0.2, 0.25) is 10.0 Å². The fraction of sp³-hybridized carbons (Fsp3) is 0.125. The molecule has 132 valence electrons. The molecule has 2 rings (SSSR count). The largest absolute Gasteiger partial charge is 0.271 e. The van der Waals surface area contributed by atoms with E-state index in [1.165, 1.54) is 44.6 Å². The molecule has 0 radical (unpaired) electrons. The number of hydrazone groups is 1. The Morgan fingerprint density at radius 2 is 1.88 bits per heavy atom. The van der Waals surface area contributed by atoms with Gasteiger partial charge in [-0.25, -0.2) is 18.1 Å². The normalized spacial score (nSPS) is 11.9. The van der Waals surface area contributed by atoms with Crippen molar-refractivity contribution in [3.63, 3.8) is 0 Å². The van der Waals surface area contributed by atoms with Crippen molar-refractivity contribution < 1.29 is 13.2 Å². The molecule has 0 fully saturated rings. The molecular weight excluding hydrogens is 385 g/mol. The summed E-state index contributed by atoms with van der Waals surface area (Å²) in [4.78, 5) is 12.2. The van der Waals surface area contributed by atoms with Gasteiger partial charge in [0.2, 0.25) is 10.0 Å². The summed E-state index contributed by atoms with van der Waals surface area (Å²) in [5.74, 6) is -0.544. The zero-order chi connectivity index (χ0) is 18.6. The van der Waals surface area contributed by atoms with Crippen molar-refractivity contribution >= 4 is 45.3 Å². The van der Waals surface area contributed by atoms with Crippen molar-refractivity contribution in [1.82, 2.24) is 9.73 Å². The van der Waals surface area contributed by atoms with Gasteiger partial charge in [0.15, 0.2) is 0 Å². The monoisotopic (exact) mass is 399 g/mol. The summed E-state index contributed by atoms with van der Waals surface area (Å²) < 4.78 is 25.3. The third-order valence-electron chi connectivity index (χ3n) is 3.21. The van der Waals surface area contributed by atoms with Gasteiger partial charge in [-0.05, 0) is 30.3 Å². The van der Waals surface area contributed by atoms with Crippen LogP contribution < -0.4 is 5.43 Å². The third kappa shape index (κ3) is 4.79. The summed E-state index contributed by atoms with van der Waals surface area (Å²) in [5, 5.41) is 4.71. The third-order valence-corrected chi connectivity index (χ3v) is 5.58. The first-order chi connectivity index (χ1) is 11.7. The van der Waals surface area contributed by atoms with Gasteiger partial charge in [0.05, 0.1) is 16.1 Å². The lowest BCUT2D eigenvalue weighted by Gasteiger charge is -2.11. The molecule has 0 unspecified atom stereocenters. The number of amides is 1. The van der Waals surface area contributed by atoms with Crippen molar-refractivity contribution in [3.05, 3.63) is 63.6 Å². The Bertz CT molecular complexity index is 928. The summed E-state index contributed by atoms with van der Waals surface area (Å²) >= 11 is 11.8. The van der Waals surface area contributed by atoms with Crippen LogP contribution in [0.25, 0.3) is 0 Å². The molecule has 2 aromatic carbocycles. The van der Waals surface area contributed by atoms with E-state index in [2.05, 4.69) is 10.5 Å². The molecule has 0 heterocycles. The van der Waals surface area contributed by atoms with Gasteiger partial charge in [-0.3, -0.25) is 4.79 Å². The number of carbonyl (C=O) groups is 1. The van der Waals surface area contributed by atoms with Crippen LogP contribution in [0, 0.1) is 0 Å². The van der Waals surface area contributed by atoms with Crippen molar-refractivity contribution in [3.8, 4) is 0 Å². The predicted octanol–water partition coefficient (Wildman–Crippen LogP) is 3.01. The maximum atomic E-state index is 12.1. The lowest BCUT2D eigenvalue weighted by Crippen LogP contribution is -2.23. The van der Waals surface area contributed by atoms with Gasteiger partial charge in [-0.1, -0.05) is 35.3 Å². The van der Waals surface area contributed by atoms with Crippen LogP contribution in [0.5, 0.6) is 0 Å². The highest BCUT2D eigenvalue weighted by molar-refractivity contribution is 7.89. The molecule has 25 heavy (non-hydrogen) atoms. The van der Waals surface area contributed by atoms with Crippen LogP contribution in [-0.2, 0) is 10.0 Å². The number of nitrogens with zero attached hydrogens (tertiary/aromatic N) is 2. The first-order valence-corrected chi connectivity index (χ1v) is 9.22. The summed E-state index contributed by atoms with van der Waals surface area (Å²) in [6.07, 6.45) is 1.37. The minimum Gasteiger partial charge on any atom is -0.267 e. The Hall–Kier alpha value is -1.93. The van der Waals surface area contributed by atoms with Crippen LogP contribution >= 0.6 is 23.2 Å². The van der Waals surface area contributed by atoms with Gasteiger partial charge in [-0.2, -0.15) is 5.10 Å². The molecule has 0 aliphatic rings. The molecule has 0 aliphatic carbocycles. The fourth-order valence-electron chi connectivity index (χ4n) is 1.84. The molecule has 1 amide bonds. The minimum absolute atomic E-state index is 0.0230. The predicted molar refractivity (Wildman–Crippen MR) is 98.8 cm³/mol. The van der Waals surface area contributed by atoms with E-state index in [1.54, 1.807) is 18.2 Å². The molecule has 0 bridgehead atoms. The van der Waals surface area contributed by atoms with Crippen molar-refractivity contribution in [2.75, 3.05) is 14.1 Å². The minimum atomic E-state index is -3.62. The summed E-state index contributed by atoms with van der Waals surface area (Å²) in [6, 6.07) is 10.6. The molecule has 0 aliphatic heterocycles. The molecule has 6 nitrogen and oxygen atoms in total. The van der Waals surface area contributed by atoms with Crippen molar-refractivity contribution in [2.24, 2.45) is 5.10 Å². The highest BCUT2D eigenvalue weighted by Crippen LogP contribution is 2.19. The number of hydrogen-bond donors (Lipinski definition) is 1. The molecule has 2 aromatic rings. The van der Waals surface area contributed by atoms with Crippen molar-refractivity contribution in [2.45, 2.75) is 4.90 Å². The molecule has 0 saturated carbocycles. The van der Waals surface area contributed by atoms with Gasteiger partial charge < -0.3 is 0 Å². The lowest BCUT2D eigenvalue weighted by molar-refractivity contribution is 0.0955. The average molecular weight is 400 g/mol. The molecule has 0 saturated heterocycles. The van der Waals surface area contributed by atoms with Gasteiger partial charge in [0, 0.05) is 30.2 Å². The SMILES string of the molecule is CN(C)S(=O)(=O)c1cccc(C(=O)N/N=C\c2ccc(Cl)cc2Cl)c1. The van der Waals surface area contributed by atoms with E-state index in [9.17, 15) is 13.2 Å². The standard InChI is InChI=1S/C16H15Cl2N3O3S/c1-21(2)25(23,24)14-5-3-4-11(8-14)16(22)20-19-10-12-6-7-13(17)9-15(12)18/h3-10H,1-2H3,(H,20,22)/b19-10-. The van der Waals surface area contributed by atoms with Crippen LogP contribution in [-0.4, -0.2) is 38.9 Å². The Kier molecular flexibility index (Phi) is 6.18. The molecular formula is C16H15Cl2N3O3S. The van der Waals surface area contributed by atoms with E-state index >= 15 is 0 Å². The van der Waals surface area contributed by atoms with E-state index in [-0.39, 0.29) is 10.5 Å². The molecule has 0 atom stereocenters. The lowest BCUT2D eigenvalue weighted by atomic mass is 10.2. The number of nitrogens with one attached hydrogen (secondary N) is 1. The number of halogens is 2. The average Bonchev–Trinajstić information content (AvgIpc) is 2.56. The number of carbonyl (C=O) groups excluding carboxylic acids is 1. The second-order valence-corrected chi connectivity index (χ2v) is 8.18. The Labute approximate surface area is 156 Å². The summed E-state index contributed by atoms with van der Waals surface area (Å²) in [6.45, 7) is 0. The van der Waals surface area contributed by atoms with Crippen LogP contribution in [0.4, 0.5) is 0 Å². The smallest absolute Gasteiger partial charge is 0.267 e. The van der Waals surface area contributed by atoms with E-state index in [0.29, 0.717) is 15.6 Å². The second-order valence-electron chi connectivity index (χ2n) is 5.18. The molecule has 1 N–H and O–H groups in total. The van der Waals surface area contributed by atoms with E-state index in [4.69, 9.17) is 23.2 Å². The number of rotatable bonds is 5. The van der Waals surface area contributed by atoms with Crippen LogP contribution in [0.3, 0.4) is 0 Å². The number of sulfonamides is 1. The first-order valence-electron chi connectivity index (χ1n) is 7.03. The second kappa shape index (κ2) is 7.97. The first kappa shape index (κ1) is 19.4. The Morgan fingerprint density at radius 3 is 2.52 bits per heavy atom. The molecule has 0 spiro atoms. The topological polar surface area (TPSA) is 78.8 Å². The highest BCUT2D eigenvalue weighted by Gasteiger charge is 2.18. The zero-order valence-electron chi connectivity index (χ0n) is 13.4. The van der Waals surface area contributed by atoms with Gasteiger partial charge in [0.1, 0.15) is 0 Å². The van der Waals surface area contributed by atoms with E-state index < -0.39 is 15.9 Å². The summed E-state index contributed by atoms with van der Waals surface area (Å²) in [5.41, 5.74) is 3.08. The van der Waals surface area contributed by atoms with E-state index in [0.717, 1.165) is 4.31 Å². The van der Waals surface area contributed by atoms with Crippen LogP contribution in [0.1, 0.15) is 15.9 Å². The van der Waals surface area contributed by atoms with Crippen LogP contribution in [0.15, 0.2) is 52.5 Å². The fourth-order valence-corrected chi connectivity index (χ4v) is 3.25. The van der Waals surface area contributed by atoms with E-state index in [1.807, 2.05) is 0 Å². The van der Waals surface area contributed by atoms with Gasteiger partial charge in [0.25, 0.3) is 5.91 Å². The molecule has 0 aromatic heterocycles. The number of benzene rings is 2. The Morgan fingerprint density at radius 1 is 1.16 bits per heavy atom. The van der Waals surface area contributed by atoms with Gasteiger partial charge in [-0.15, -0.1) is 0 Å². The highest BCUT2D eigenvalue weighted by atomic mass is 35.5. The summed E-state index contributed by atoms with van der Waals surface area (Å²) in [7, 11) is -0.783. The zero-order valence-corrected chi connectivity index (χ0v) is 15.7. The maximum Gasteiger partial charge on any atom is 0.271 e. The van der Waals surface area contributed by atoms with Crippen molar-refractivity contribution in [1.29, 1.82) is 0 Å².